The Kier molecular flexibility index (Phi) is 5.15. The standard InChI is InChI=1S/C15H21N3O2/c1-3-19-14(20-4-2)10-18-15-11-7-5-6-8-13(11)17-9-12(15)16/h5-9,14H,3-4,10,16H2,1-2H3,(H,17,18). The van der Waals surface area contributed by atoms with E-state index in [4.69, 9.17) is 15.2 Å². The second-order valence-corrected chi connectivity index (χ2v) is 4.33. The highest BCUT2D eigenvalue weighted by Crippen LogP contribution is 2.27. The molecule has 0 saturated heterocycles. The summed E-state index contributed by atoms with van der Waals surface area (Å²) in [5.74, 6) is 0. The van der Waals surface area contributed by atoms with Gasteiger partial charge in [-0.25, -0.2) is 0 Å². The van der Waals surface area contributed by atoms with Gasteiger partial charge >= 0.3 is 0 Å². The Morgan fingerprint density at radius 2 is 1.90 bits per heavy atom. The SMILES string of the molecule is CCOC(CNc1c(N)cnc2ccccc12)OCC. The summed E-state index contributed by atoms with van der Waals surface area (Å²) >= 11 is 0. The highest BCUT2D eigenvalue weighted by Gasteiger charge is 2.11. The fourth-order valence-electron chi connectivity index (χ4n) is 2.08. The van der Waals surface area contributed by atoms with Crippen molar-refractivity contribution in [3.63, 3.8) is 0 Å². The maximum absolute atomic E-state index is 6.01. The van der Waals surface area contributed by atoms with E-state index in [0.717, 1.165) is 16.6 Å². The third-order valence-electron chi connectivity index (χ3n) is 2.96. The highest BCUT2D eigenvalue weighted by atomic mass is 16.7. The molecule has 0 amide bonds. The van der Waals surface area contributed by atoms with Gasteiger partial charge < -0.3 is 20.5 Å². The maximum Gasteiger partial charge on any atom is 0.174 e. The lowest BCUT2D eigenvalue weighted by atomic mass is 10.1. The van der Waals surface area contributed by atoms with Gasteiger partial charge in [-0.05, 0) is 19.9 Å². The summed E-state index contributed by atoms with van der Waals surface area (Å²) in [5.41, 5.74) is 8.42. The lowest BCUT2D eigenvalue weighted by Gasteiger charge is -2.19. The molecule has 0 saturated carbocycles. The number of hydrogen-bond acceptors (Lipinski definition) is 5. The highest BCUT2D eigenvalue weighted by molar-refractivity contribution is 5.96. The fourth-order valence-corrected chi connectivity index (χ4v) is 2.08. The summed E-state index contributed by atoms with van der Waals surface area (Å²) < 4.78 is 11.0. The predicted molar refractivity (Wildman–Crippen MR) is 81.7 cm³/mol. The topological polar surface area (TPSA) is 69.4 Å². The third kappa shape index (κ3) is 3.37. The van der Waals surface area contributed by atoms with E-state index in [0.29, 0.717) is 25.4 Å². The van der Waals surface area contributed by atoms with Crippen molar-refractivity contribution in [1.82, 2.24) is 4.98 Å². The summed E-state index contributed by atoms with van der Waals surface area (Å²) in [4.78, 5) is 4.31. The Labute approximate surface area is 119 Å². The number of hydrogen-bond donors (Lipinski definition) is 2. The van der Waals surface area contributed by atoms with Crippen molar-refractivity contribution in [2.75, 3.05) is 30.8 Å². The van der Waals surface area contributed by atoms with Crippen molar-refractivity contribution in [1.29, 1.82) is 0 Å². The first-order valence-electron chi connectivity index (χ1n) is 6.86. The third-order valence-corrected chi connectivity index (χ3v) is 2.96. The Hall–Kier alpha value is -1.85. The van der Waals surface area contributed by atoms with Crippen LogP contribution < -0.4 is 11.1 Å². The van der Waals surface area contributed by atoms with E-state index in [2.05, 4.69) is 10.3 Å². The van der Waals surface area contributed by atoms with Crippen molar-refractivity contribution in [2.24, 2.45) is 0 Å². The number of ether oxygens (including phenoxy) is 2. The van der Waals surface area contributed by atoms with E-state index in [1.165, 1.54) is 0 Å². The molecule has 0 spiro atoms. The Morgan fingerprint density at radius 1 is 1.20 bits per heavy atom. The smallest absolute Gasteiger partial charge is 0.174 e. The normalized spacial score (nSPS) is 11.2. The van der Waals surface area contributed by atoms with Gasteiger partial charge in [0.2, 0.25) is 0 Å². The molecule has 0 bridgehead atoms. The number of nitrogens with one attached hydrogen (secondary N) is 1. The first kappa shape index (κ1) is 14.6. The van der Waals surface area contributed by atoms with Gasteiger partial charge in [-0.15, -0.1) is 0 Å². The molecule has 0 atom stereocenters. The zero-order chi connectivity index (χ0) is 14.4. The number of para-hydroxylation sites is 1. The largest absolute Gasteiger partial charge is 0.396 e. The summed E-state index contributed by atoms with van der Waals surface area (Å²) in [5, 5.41) is 4.31. The minimum Gasteiger partial charge on any atom is -0.396 e. The maximum atomic E-state index is 6.01. The van der Waals surface area contributed by atoms with Gasteiger partial charge in [-0.2, -0.15) is 0 Å². The van der Waals surface area contributed by atoms with E-state index in [1.807, 2.05) is 38.1 Å². The van der Waals surface area contributed by atoms with Crippen LogP contribution in [0.3, 0.4) is 0 Å². The molecule has 2 rings (SSSR count). The van der Waals surface area contributed by atoms with Gasteiger partial charge in [-0.1, -0.05) is 18.2 Å². The zero-order valence-corrected chi connectivity index (χ0v) is 11.9. The van der Waals surface area contributed by atoms with Crippen molar-refractivity contribution >= 4 is 22.3 Å². The van der Waals surface area contributed by atoms with Gasteiger partial charge in [0.1, 0.15) is 0 Å². The van der Waals surface area contributed by atoms with Gasteiger partial charge in [-0.3, -0.25) is 4.98 Å². The van der Waals surface area contributed by atoms with Crippen LogP contribution in [0.25, 0.3) is 10.9 Å². The molecule has 1 heterocycles. The summed E-state index contributed by atoms with van der Waals surface area (Å²) in [6, 6.07) is 7.88. The van der Waals surface area contributed by atoms with E-state index >= 15 is 0 Å². The predicted octanol–water partition coefficient (Wildman–Crippen LogP) is 2.63. The van der Waals surface area contributed by atoms with Crippen LogP contribution in [-0.2, 0) is 9.47 Å². The molecular formula is C15H21N3O2. The number of pyridine rings is 1. The first-order valence-corrected chi connectivity index (χ1v) is 6.86. The van der Waals surface area contributed by atoms with Gasteiger partial charge in [0, 0.05) is 18.6 Å². The Balaban J connectivity index is 2.18. The summed E-state index contributed by atoms with van der Waals surface area (Å²) in [6.07, 6.45) is 1.39. The van der Waals surface area contributed by atoms with E-state index in [1.54, 1.807) is 6.20 Å². The Bertz CT molecular complexity index is 554. The average molecular weight is 275 g/mol. The second-order valence-electron chi connectivity index (χ2n) is 4.33. The zero-order valence-electron chi connectivity index (χ0n) is 11.9. The number of aromatic nitrogens is 1. The minimum atomic E-state index is -0.281. The minimum absolute atomic E-state index is 0.281. The molecule has 5 heteroatoms. The van der Waals surface area contributed by atoms with Crippen LogP contribution in [0.4, 0.5) is 11.4 Å². The van der Waals surface area contributed by atoms with Crippen molar-refractivity contribution in [3.05, 3.63) is 30.5 Å². The molecule has 108 valence electrons. The fraction of sp³-hybridized carbons (Fsp3) is 0.400. The number of nitrogens with two attached hydrogens (primary N) is 1. The molecule has 0 radical (unpaired) electrons. The van der Waals surface area contributed by atoms with Crippen LogP contribution >= 0.6 is 0 Å². The first-order chi connectivity index (χ1) is 9.76. The van der Waals surface area contributed by atoms with Crippen LogP contribution in [0.5, 0.6) is 0 Å². The molecule has 0 aliphatic rings. The molecule has 0 fully saturated rings. The van der Waals surface area contributed by atoms with Crippen molar-refractivity contribution < 1.29 is 9.47 Å². The molecule has 1 aromatic carbocycles. The monoisotopic (exact) mass is 275 g/mol. The lowest BCUT2D eigenvalue weighted by Crippen LogP contribution is -2.26. The Morgan fingerprint density at radius 3 is 2.60 bits per heavy atom. The quantitative estimate of drug-likeness (QED) is 0.760. The summed E-state index contributed by atoms with van der Waals surface area (Å²) in [7, 11) is 0. The molecule has 5 nitrogen and oxygen atoms in total. The number of nitrogen functional groups attached to an aromatic ring is 1. The van der Waals surface area contributed by atoms with Crippen LogP contribution in [0.1, 0.15) is 13.8 Å². The van der Waals surface area contributed by atoms with Crippen LogP contribution in [0, 0.1) is 0 Å². The molecule has 0 unspecified atom stereocenters. The van der Waals surface area contributed by atoms with Crippen molar-refractivity contribution in [2.45, 2.75) is 20.1 Å². The van der Waals surface area contributed by atoms with Gasteiger partial charge in [0.25, 0.3) is 0 Å². The van der Waals surface area contributed by atoms with Crippen LogP contribution in [0.15, 0.2) is 30.5 Å². The number of benzene rings is 1. The average Bonchev–Trinajstić information content (AvgIpc) is 2.46. The van der Waals surface area contributed by atoms with Crippen LogP contribution in [0.2, 0.25) is 0 Å². The van der Waals surface area contributed by atoms with Crippen molar-refractivity contribution in [3.8, 4) is 0 Å². The van der Waals surface area contributed by atoms with E-state index in [-0.39, 0.29) is 6.29 Å². The molecule has 0 aliphatic heterocycles. The molecule has 20 heavy (non-hydrogen) atoms. The molecule has 0 aliphatic carbocycles. The van der Waals surface area contributed by atoms with Crippen LogP contribution in [-0.4, -0.2) is 31.0 Å². The lowest BCUT2D eigenvalue weighted by molar-refractivity contribution is -0.126. The van der Waals surface area contributed by atoms with E-state index < -0.39 is 0 Å². The molecular weight excluding hydrogens is 254 g/mol. The number of anilines is 2. The molecule has 3 N–H and O–H groups in total. The van der Waals surface area contributed by atoms with E-state index in [9.17, 15) is 0 Å². The number of fused-ring (bicyclic) bond motifs is 1. The second kappa shape index (κ2) is 7.07. The van der Waals surface area contributed by atoms with Gasteiger partial charge in [0.05, 0.1) is 29.6 Å². The van der Waals surface area contributed by atoms with Gasteiger partial charge in [0.15, 0.2) is 6.29 Å². The molecule has 2 aromatic rings. The number of nitrogens with zero attached hydrogens (tertiary/aromatic N) is 1. The molecule has 1 aromatic heterocycles. The summed E-state index contributed by atoms with van der Waals surface area (Å²) in [6.45, 7) is 5.65. The number of rotatable bonds is 7.